The Morgan fingerprint density at radius 2 is 1.59 bits per heavy atom. The fourth-order valence-corrected chi connectivity index (χ4v) is 2.80. The van der Waals surface area contributed by atoms with E-state index in [1.54, 1.807) is 36.7 Å². The van der Waals surface area contributed by atoms with Gasteiger partial charge >= 0.3 is 5.69 Å². The molecule has 0 amide bonds. The molecular weight excluding hydrogens is 415 g/mol. The lowest BCUT2D eigenvalue weighted by atomic mass is 10.1. The molecule has 0 atom stereocenters. The van der Waals surface area contributed by atoms with Crippen LogP contribution in [-0.4, -0.2) is 14.9 Å². The van der Waals surface area contributed by atoms with Crippen LogP contribution < -0.4 is 10.6 Å². The van der Waals surface area contributed by atoms with Crippen LogP contribution in [0.1, 0.15) is 16.7 Å². The quantitative estimate of drug-likeness (QED) is 0.315. The zero-order valence-corrected chi connectivity index (χ0v) is 16.4. The van der Waals surface area contributed by atoms with E-state index in [9.17, 15) is 15.4 Å². The van der Waals surface area contributed by atoms with Gasteiger partial charge in [0, 0.05) is 31.2 Å². The van der Waals surface area contributed by atoms with E-state index in [0.717, 1.165) is 11.1 Å². The van der Waals surface area contributed by atoms with Gasteiger partial charge < -0.3 is 10.6 Å². The van der Waals surface area contributed by atoms with E-state index in [0.29, 0.717) is 22.5 Å². The molecule has 3 rings (SSSR count). The van der Waals surface area contributed by atoms with Gasteiger partial charge in [0.1, 0.15) is 27.6 Å². The maximum Gasteiger partial charge on any atom is 0.310 e. The molecule has 2 N–H and O–H groups in total. The van der Waals surface area contributed by atoms with Crippen LogP contribution in [0.25, 0.3) is 0 Å². The first-order valence-corrected chi connectivity index (χ1v) is 9.13. The van der Waals surface area contributed by atoms with Crippen LogP contribution in [-0.2, 0) is 13.1 Å². The highest BCUT2D eigenvalue weighted by Gasteiger charge is 2.21. The second-order valence-electron chi connectivity index (χ2n) is 5.97. The van der Waals surface area contributed by atoms with Crippen molar-refractivity contribution in [3.63, 3.8) is 0 Å². The van der Waals surface area contributed by atoms with Gasteiger partial charge in [-0.25, -0.2) is 9.97 Å². The molecule has 2 heterocycles. The molecule has 3 aromatic rings. The number of halogens is 2. The summed E-state index contributed by atoms with van der Waals surface area (Å²) < 4.78 is 0. The van der Waals surface area contributed by atoms with Crippen molar-refractivity contribution in [2.75, 3.05) is 10.6 Å². The highest BCUT2D eigenvalue weighted by molar-refractivity contribution is 6.29. The minimum Gasteiger partial charge on any atom is -0.381 e. The van der Waals surface area contributed by atoms with E-state index in [1.807, 2.05) is 12.1 Å². The zero-order chi connectivity index (χ0) is 20.8. The lowest BCUT2D eigenvalue weighted by Gasteiger charge is -2.12. The molecule has 2 aromatic heterocycles. The predicted molar refractivity (Wildman–Crippen MR) is 111 cm³/mol. The Morgan fingerprint density at radius 1 is 1.00 bits per heavy atom. The second kappa shape index (κ2) is 9.19. The smallest absolute Gasteiger partial charge is 0.310 e. The van der Waals surface area contributed by atoms with Gasteiger partial charge in [0.15, 0.2) is 0 Å². The summed E-state index contributed by atoms with van der Waals surface area (Å²) in [6, 6.07) is 11.8. The molecule has 1 aromatic carbocycles. The van der Waals surface area contributed by atoms with E-state index in [-0.39, 0.29) is 23.5 Å². The lowest BCUT2D eigenvalue weighted by Crippen LogP contribution is -2.07. The summed E-state index contributed by atoms with van der Waals surface area (Å²) in [5, 5.41) is 27.8. The largest absolute Gasteiger partial charge is 0.381 e. The number of nitrogens with one attached hydrogen (secondary N) is 2. The molecule has 29 heavy (non-hydrogen) atoms. The SMILES string of the molecule is N#Cc1cc(NCc2ccc(Cl)nc2)cc(NCc2ccc(Cl)nc2)c1[N+](=O)[O-]. The third-order valence-electron chi connectivity index (χ3n) is 3.97. The minimum absolute atomic E-state index is 0.0500. The number of anilines is 2. The Kier molecular flexibility index (Phi) is 6.44. The minimum atomic E-state index is -0.576. The van der Waals surface area contributed by atoms with E-state index in [1.165, 1.54) is 6.07 Å². The van der Waals surface area contributed by atoms with Crippen LogP contribution in [0, 0.1) is 21.4 Å². The number of nitro groups is 1. The number of pyridine rings is 2. The summed E-state index contributed by atoms with van der Waals surface area (Å²) in [6.07, 6.45) is 3.20. The van der Waals surface area contributed by atoms with Crippen molar-refractivity contribution in [1.29, 1.82) is 5.26 Å². The molecule has 0 saturated heterocycles. The first kappa shape index (κ1) is 20.3. The lowest BCUT2D eigenvalue weighted by molar-refractivity contribution is -0.384. The molecule has 8 nitrogen and oxygen atoms in total. The number of nitriles is 1. The van der Waals surface area contributed by atoms with Crippen LogP contribution in [0.2, 0.25) is 10.3 Å². The fraction of sp³-hybridized carbons (Fsp3) is 0.105. The Labute approximate surface area is 176 Å². The molecule has 0 fully saturated rings. The van der Waals surface area contributed by atoms with E-state index >= 15 is 0 Å². The van der Waals surface area contributed by atoms with Crippen molar-refractivity contribution in [1.82, 2.24) is 9.97 Å². The van der Waals surface area contributed by atoms with E-state index < -0.39 is 4.92 Å². The predicted octanol–water partition coefficient (Wildman–Crippen LogP) is 4.79. The van der Waals surface area contributed by atoms with Crippen molar-refractivity contribution in [2.45, 2.75) is 13.1 Å². The number of aromatic nitrogens is 2. The number of hydrogen-bond donors (Lipinski definition) is 2. The van der Waals surface area contributed by atoms with Crippen LogP contribution in [0.4, 0.5) is 17.1 Å². The van der Waals surface area contributed by atoms with Crippen molar-refractivity contribution < 1.29 is 4.92 Å². The van der Waals surface area contributed by atoms with E-state index in [4.69, 9.17) is 23.2 Å². The maximum atomic E-state index is 11.5. The molecule has 0 unspecified atom stereocenters. The summed E-state index contributed by atoms with van der Waals surface area (Å²) in [5.41, 5.74) is 2.10. The van der Waals surface area contributed by atoms with Gasteiger partial charge in [0.05, 0.1) is 4.92 Å². The van der Waals surface area contributed by atoms with E-state index in [2.05, 4.69) is 20.6 Å². The van der Waals surface area contributed by atoms with Gasteiger partial charge in [0.25, 0.3) is 0 Å². The van der Waals surface area contributed by atoms with Crippen molar-refractivity contribution in [3.8, 4) is 6.07 Å². The monoisotopic (exact) mass is 428 g/mol. The maximum absolute atomic E-state index is 11.5. The van der Waals surface area contributed by atoms with Gasteiger partial charge in [0.2, 0.25) is 0 Å². The average molecular weight is 429 g/mol. The number of nitrogens with zero attached hydrogens (tertiary/aromatic N) is 4. The third kappa shape index (κ3) is 5.31. The van der Waals surface area contributed by atoms with Crippen LogP contribution >= 0.6 is 23.2 Å². The zero-order valence-electron chi connectivity index (χ0n) is 14.9. The molecular formula is C19H14Cl2N6O2. The molecule has 10 heteroatoms. The van der Waals surface area contributed by atoms with Crippen LogP contribution in [0.5, 0.6) is 0 Å². The molecule has 0 aliphatic heterocycles. The highest BCUT2D eigenvalue weighted by Crippen LogP contribution is 2.33. The normalized spacial score (nSPS) is 10.2. The van der Waals surface area contributed by atoms with Gasteiger partial charge in [-0.1, -0.05) is 35.3 Å². The molecule has 0 aliphatic carbocycles. The Morgan fingerprint density at radius 3 is 2.07 bits per heavy atom. The molecule has 0 radical (unpaired) electrons. The average Bonchev–Trinajstić information content (AvgIpc) is 2.72. The first-order valence-electron chi connectivity index (χ1n) is 8.37. The van der Waals surface area contributed by atoms with Gasteiger partial charge in [-0.2, -0.15) is 5.26 Å². The summed E-state index contributed by atoms with van der Waals surface area (Å²) >= 11 is 11.6. The van der Waals surface area contributed by atoms with Gasteiger partial charge in [-0.05, 0) is 35.4 Å². The second-order valence-corrected chi connectivity index (χ2v) is 6.75. The summed E-state index contributed by atoms with van der Waals surface area (Å²) in [6.45, 7) is 0.688. The van der Waals surface area contributed by atoms with Crippen LogP contribution in [0.3, 0.4) is 0 Å². The summed E-state index contributed by atoms with van der Waals surface area (Å²) in [4.78, 5) is 18.9. The highest BCUT2D eigenvalue weighted by atomic mass is 35.5. The standard InChI is InChI=1S/C19H14Cl2N6O2/c20-17-3-1-12(10-25-17)8-23-15-5-14(7-22)19(27(28)29)16(6-15)24-9-13-2-4-18(21)26-11-13/h1-6,10-11,23-24H,8-9H2. The van der Waals surface area contributed by atoms with Crippen molar-refractivity contribution in [2.24, 2.45) is 0 Å². The van der Waals surface area contributed by atoms with Crippen LogP contribution in [0.15, 0.2) is 48.8 Å². The van der Waals surface area contributed by atoms with Gasteiger partial charge in [-0.3, -0.25) is 10.1 Å². The Hall–Kier alpha value is -3.41. The first-order chi connectivity index (χ1) is 14.0. The molecule has 0 aliphatic rings. The summed E-state index contributed by atoms with van der Waals surface area (Å²) in [5.74, 6) is 0. The summed E-state index contributed by atoms with van der Waals surface area (Å²) in [7, 11) is 0. The molecule has 0 spiro atoms. The van der Waals surface area contributed by atoms with Gasteiger partial charge in [-0.15, -0.1) is 0 Å². The Balaban J connectivity index is 1.84. The number of hydrogen-bond acceptors (Lipinski definition) is 7. The number of nitro benzene ring substituents is 1. The topological polar surface area (TPSA) is 117 Å². The number of rotatable bonds is 7. The molecule has 0 bridgehead atoms. The fourth-order valence-electron chi connectivity index (χ4n) is 2.58. The van der Waals surface area contributed by atoms with Crippen molar-refractivity contribution >= 4 is 40.3 Å². The Bertz CT molecular complexity index is 1070. The molecule has 146 valence electrons. The number of benzene rings is 1. The third-order valence-corrected chi connectivity index (χ3v) is 4.42. The molecule has 0 saturated carbocycles. The van der Waals surface area contributed by atoms with Crippen molar-refractivity contribution in [3.05, 3.63) is 85.9 Å².